The van der Waals surface area contributed by atoms with Crippen LogP contribution in [0.25, 0.3) is 0 Å². The van der Waals surface area contributed by atoms with Crippen molar-refractivity contribution in [2.75, 3.05) is 6.61 Å². The lowest BCUT2D eigenvalue weighted by molar-refractivity contribution is -0.148. The highest BCUT2D eigenvalue weighted by Crippen LogP contribution is 1.82. The van der Waals surface area contributed by atoms with Crippen molar-refractivity contribution in [3.8, 4) is 0 Å². The Hall–Kier alpha value is -1.14. The topological polar surface area (TPSA) is 115 Å². The molecule has 0 rings (SSSR count). The number of aliphatic hydroxyl groups is 2. The average Bonchev–Trinajstić information content (AvgIpc) is 2.03. The van der Waals surface area contributed by atoms with Crippen LogP contribution in [0.2, 0.25) is 0 Å². The summed E-state index contributed by atoms with van der Waals surface area (Å²) in [5.41, 5.74) is 0. The lowest BCUT2D eigenvalue weighted by Gasteiger charge is -1.95. The molecule has 0 saturated heterocycles. The molecule has 0 aliphatic carbocycles. The first-order valence-corrected chi connectivity index (χ1v) is 3.69. The Bertz CT molecular complexity index is 155. The summed E-state index contributed by atoms with van der Waals surface area (Å²) < 4.78 is 0. The summed E-state index contributed by atoms with van der Waals surface area (Å²) in [6, 6.07) is 0. The molecule has 0 aliphatic rings. The highest BCUT2D eigenvalue weighted by molar-refractivity contribution is 5.71. The Morgan fingerprint density at radius 2 is 1.77 bits per heavy atom. The van der Waals surface area contributed by atoms with Gasteiger partial charge in [-0.1, -0.05) is 6.92 Å². The standard InChI is InChI=1S/C4H8O2.C3H6O4/c1-2-3-4(5)6;4-1-2(5)3(6)7/h2-3H2,1H3,(H,5,6);2,4-5H,1H2,(H,6,7). The fourth-order valence-corrected chi connectivity index (χ4v) is 0.292. The van der Waals surface area contributed by atoms with Gasteiger partial charge in [-0.2, -0.15) is 0 Å². The predicted octanol–water partition coefficient (Wildman–Crippen LogP) is -0.705. The van der Waals surface area contributed by atoms with E-state index in [4.69, 9.17) is 20.4 Å². The molecule has 1 atom stereocenters. The second-order valence-electron chi connectivity index (χ2n) is 2.18. The summed E-state index contributed by atoms with van der Waals surface area (Å²) in [5.74, 6) is -2.11. The molecular formula is C7H14O6. The zero-order valence-corrected chi connectivity index (χ0v) is 7.30. The van der Waals surface area contributed by atoms with Crippen LogP contribution in [0, 0.1) is 0 Å². The van der Waals surface area contributed by atoms with Gasteiger partial charge in [0.05, 0.1) is 6.61 Å². The molecular weight excluding hydrogens is 180 g/mol. The molecule has 0 aliphatic heterocycles. The predicted molar refractivity (Wildman–Crippen MR) is 43.3 cm³/mol. The monoisotopic (exact) mass is 194 g/mol. The van der Waals surface area contributed by atoms with E-state index in [-0.39, 0.29) is 0 Å². The molecule has 0 radical (unpaired) electrons. The lowest BCUT2D eigenvalue weighted by atomic mass is 10.4. The van der Waals surface area contributed by atoms with Crippen molar-refractivity contribution in [2.24, 2.45) is 0 Å². The summed E-state index contributed by atoms with van der Waals surface area (Å²) in [5, 5.41) is 31.6. The number of rotatable bonds is 4. The second kappa shape index (κ2) is 8.95. The Kier molecular flexibility index (Phi) is 9.91. The summed E-state index contributed by atoms with van der Waals surface area (Å²) >= 11 is 0. The van der Waals surface area contributed by atoms with Gasteiger partial charge in [-0.15, -0.1) is 0 Å². The Morgan fingerprint density at radius 3 is 1.77 bits per heavy atom. The van der Waals surface area contributed by atoms with Crippen LogP contribution in [-0.4, -0.2) is 45.1 Å². The van der Waals surface area contributed by atoms with Gasteiger partial charge in [-0.05, 0) is 6.42 Å². The zero-order valence-electron chi connectivity index (χ0n) is 7.30. The van der Waals surface area contributed by atoms with E-state index in [0.717, 1.165) is 6.42 Å². The molecule has 0 bridgehead atoms. The van der Waals surface area contributed by atoms with E-state index in [2.05, 4.69) is 0 Å². The molecule has 78 valence electrons. The van der Waals surface area contributed by atoms with Crippen molar-refractivity contribution in [1.82, 2.24) is 0 Å². The maximum absolute atomic E-state index is 9.60. The van der Waals surface area contributed by atoms with Gasteiger partial charge in [-0.3, -0.25) is 4.79 Å². The maximum Gasteiger partial charge on any atom is 0.334 e. The number of hydrogen-bond acceptors (Lipinski definition) is 4. The van der Waals surface area contributed by atoms with Crippen molar-refractivity contribution in [3.05, 3.63) is 0 Å². The Labute approximate surface area is 75.4 Å². The Morgan fingerprint density at radius 1 is 1.31 bits per heavy atom. The summed E-state index contributed by atoms with van der Waals surface area (Å²) in [6.45, 7) is 1.11. The molecule has 0 aromatic rings. The number of carbonyl (C=O) groups is 2. The van der Waals surface area contributed by atoms with Gasteiger partial charge >= 0.3 is 11.9 Å². The zero-order chi connectivity index (χ0) is 10.9. The smallest absolute Gasteiger partial charge is 0.334 e. The minimum absolute atomic E-state index is 0.292. The fourth-order valence-electron chi connectivity index (χ4n) is 0.292. The van der Waals surface area contributed by atoms with E-state index in [1.54, 1.807) is 0 Å². The van der Waals surface area contributed by atoms with Crippen LogP contribution < -0.4 is 0 Å². The van der Waals surface area contributed by atoms with E-state index in [1.165, 1.54) is 0 Å². The van der Waals surface area contributed by atoms with Crippen molar-refractivity contribution in [1.29, 1.82) is 0 Å². The molecule has 0 heterocycles. The van der Waals surface area contributed by atoms with E-state index in [1.807, 2.05) is 6.92 Å². The summed E-state index contributed by atoms with van der Waals surface area (Å²) in [4.78, 5) is 19.1. The van der Waals surface area contributed by atoms with Crippen LogP contribution in [0.15, 0.2) is 0 Å². The number of hydrogen-bond donors (Lipinski definition) is 4. The van der Waals surface area contributed by atoms with Crippen LogP contribution in [0.3, 0.4) is 0 Å². The maximum atomic E-state index is 9.60. The average molecular weight is 194 g/mol. The minimum Gasteiger partial charge on any atom is -0.481 e. The van der Waals surface area contributed by atoms with Gasteiger partial charge in [0.2, 0.25) is 0 Å². The number of carboxylic acid groups (broad SMARTS) is 2. The number of carboxylic acids is 2. The third kappa shape index (κ3) is 13.8. The molecule has 1 unspecified atom stereocenters. The van der Waals surface area contributed by atoms with Crippen molar-refractivity contribution < 1.29 is 30.0 Å². The largest absolute Gasteiger partial charge is 0.481 e. The van der Waals surface area contributed by atoms with Crippen LogP contribution in [-0.2, 0) is 9.59 Å². The fraction of sp³-hybridized carbons (Fsp3) is 0.714. The van der Waals surface area contributed by atoms with Gasteiger partial charge in [0.25, 0.3) is 0 Å². The van der Waals surface area contributed by atoms with Crippen LogP contribution in [0.1, 0.15) is 19.8 Å². The van der Waals surface area contributed by atoms with Gasteiger partial charge in [0.1, 0.15) is 0 Å². The van der Waals surface area contributed by atoms with Crippen molar-refractivity contribution in [2.45, 2.75) is 25.9 Å². The van der Waals surface area contributed by atoms with E-state index in [0.29, 0.717) is 6.42 Å². The first kappa shape index (κ1) is 14.4. The van der Waals surface area contributed by atoms with Gasteiger partial charge in [-0.25, -0.2) is 4.79 Å². The molecule has 0 saturated carbocycles. The van der Waals surface area contributed by atoms with Gasteiger partial charge in [0, 0.05) is 6.42 Å². The molecule has 0 fully saturated rings. The molecule has 6 heteroatoms. The minimum atomic E-state index is -1.63. The van der Waals surface area contributed by atoms with E-state index in [9.17, 15) is 9.59 Å². The van der Waals surface area contributed by atoms with Crippen molar-refractivity contribution >= 4 is 11.9 Å². The van der Waals surface area contributed by atoms with Gasteiger partial charge in [0.15, 0.2) is 6.10 Å². The Balaban J connectivity index is 0. The number of aliphatic hydroxyl groups excluding tert-OH is 2. The SMILES string of the molecule is CCCC(=O)O.O=C(O)C(O)CO. The summed E-state index contributed by atoms with van der Waals surface area (Å²) in [7, 11) is 0. The molecule has 13 heavy (non-hydrogen) atoms. The molecule has 0 spiro atoms. The molecule has 0 amide bonds. The first-order valence-electron chi connectivity index (χ1n) is 3.69. The van der Waals surface area contributed by atoms with Crippen LogP contribution in [0.5, 0.6) is 0 Å². The molecule has 4 N–H and O–H groups in total. The first-order chi connectivity index (χ1) is 5.95. The third-order valence-corrected chi connectivity index (χ3v) is 0.922. The summed E-state index contributed by atoms with van der Waals surface area (Å²) in [6.07, 6.45) is -0.602. The van der Waals surface area contributed by atoms with E-state index >= 15 is 0 Å². The molecule has 0 aromatic carbocycles. The normalized spacial score (nSPS) is 11.0. The number of aliphatic carboxylic acids is 2. The van der Waals surface area contributed by atoms with Crippen LogP contribution >= 0.6 is 0 Å². The van der Waals surface area contributed by atoms with Crippen LogP contribution in [0.4, 0.5) is 0 Å². The molecule has 6 nitrogen and oxygen atoms in total. The highest BCUT2D eigenvalue weighted by atomic mass is 16.4. The van der Waals surface area contributed by atoms with E-state index < -0.39 is 24.6 Å². The second-order valence-corrected chi connectivity index (χ2v) is 2.18. The quantitative estimate of drug-likeness (QED) is 0.470. The third-order valence-electron chi connectivity index (χ3n) is 0.922. The van der Waals surface area contributed by atoms with Gasteiger partial charge < -0.3 is 20.4 Å². The highest BCUT2D eigenvalue weighted by Gasteiger charge is 2.08. The van der Waals surface area contributed by atoms with Crippen molar-refractivity contribution in [3.63, 3.8) is 0 Å². The lowest BCUT2D eigenvalue weighted by Crippen LogP contribution is -2.22. The molecule has 0 aromatic heterocycles.